The molecule has 0 aliphatic heterocycles. The number of rotatable bonds is 6. The van der Waals surface area contributed by atoms with Crippen LogP contribution in [0.2, 0.25) is 0 Å². The lowest BCUT2D eigenvalue weighted by molar-refractivity contribution is -0.684. The second-order valence-electron chi connectivity index (χ2n) is 4.83. The van der Waals surface area contributed by atoms with Gasteiger partial charge in [-0.3, -0.25) is 4.79 Å². The van der Waals surface area contributed by atoms with Gasteiger partial charge in [-0.25, -0.2) is 4.79 Å². The van der Waals surface area contributed by atoms with Crippen molar-refractivity contribution in [3.8, 4) is 0 Å². The van der Waals surface area contributed by atoms with Gasteiger partial charge in [0.15, 0.2) is 12.3 Å². The molecule has 0 aliphatic rings. The number of quaternary nitrogens is 1. The van der Waals surface area contributed by atoms with Crippen molar-refractivity contribution >= 4 is 17.6 Å². The number of hydrogen-bond acceptors (Lipinski definition) is 4. The predicted molar refractivity (Wildman–Crippen MR) is 80.3 cm³/mol. The van der Waals surface area contributed by atoms with Gasteiger partial charge in [0, 0.05) is 0 Å². The second-order valence-corrected chi connectivity index (χ2v) is 4.83. The standard InChI is InChI=1S/C16H18N2O4/c1-11(14-8-5-9-22-14)17-10-15(19)18-13-7-4-3-6-12(13)16(20)21-2/h3-9,11,17H,10H2,1-2H3,(H,18,19)/p+1/t11-/m0/s1. The molecule has 2 rings (SSSR count). The number of carbonyl (C=O) groups excluding carboxylic acids is 2. The average Bonchev–Trinajstić information content (AvgIpc) is 3.07. The molecule has 1 amide bonds. The summed E-state index contributed by atoms with van der Waals surface area (Å²) in [6.45, 7) is 2.17. The third-order valence-corrected chi connectivity index (χ3v) is 3.26. The molecule has 0 bridgehead atoms. The molecule has 6 nitrogen and oxygen atoms in total. The first-order chi connectivity index (χ1) is 10.6. The van der Waals surface area contributed by atoms with Crippen LogP contribution in [0.4, 0.5) is 5.69 Å². The highest BCUT2D eigenvalue weighted by molar-refractivity contribution is 6.01. The van der Waals surface area contributed by atoms with E-state index in [4.69, 9.17) is 9.15 Å². The molecule has 6 heteroatoms. The molecule has 0 fully saturated rings. The lowest BCUT2D eigenvalue weighted by Gasteiger charge is -2.10. The summed E-state index contributed by atoms with van der Waals surface area (Å²) in [7, 11) is 1.31. The third kappa shape index (κ3) is 3.95. The Hall–Kier alpha value is -2.60. The number of nitrogens with one attached hydrogen (secondary N) is 1. The molecular formula is C16H19N2O4+. The van der Waals surface area contributed by atoms with Crippen molar-refractivity contribution in [2.45, 2.75) is 13.0 Å². The van der Waals surface area contributed by atoms with Gasteiger partial charge in [-0.2, -0.15) is 0 Å². The first kappa shape index (κ1) is 15.8. The minimum Gasteiger partial charge on any atom is -0.465 e. The van der Waals surface area contributed by atoms with Crippen molar-refractivity contribution in [2.75, 3.05) is 19.0 Å². The molecule has 1 heterocycles. The Morgan fingerprint density at radius 2 is 2.05 bits per heavy atom. The number of nitrogens with two attached hydrogens (primary N) is 1. The fourth-order valence-electron chi connectivity index (χ4n) is 2.03. The lowest BCUT2D eigenvalue weighted by atomic mass is 10.2. The molecular weight excluding hydrogens is 284 g/mol. The van der Waals surface area contributed by atoms with Crippen LogP contribution in [0.5, 0.6) is 0 Å². The van der Waals surface area contributed by atoms with E-state index in [0.717, 1.165) is 5.76 Å². The fourth-order valence-corrected chi connectivity index (χ4v) is 2.03. The summed E-state index contributed by atoms with van der Waals surface area (Å²) in [5, 5.41) is 4.58. The van der Waals surface area contributed by atoms with E-state index in [9.17, 15) is 9.59 Å². The average molecular weight is 303 g/mol. The summed E-state index contributed by atoms with van der Waals surface area (Å²) in [5.41, 5.74) is 0.774. The third-order valence-electron chi connectivity index (χ3n) is 3.26. The lowest BCUT2D eigenvalue weighted by Crippen LogP contribution is -2.86. The zero-order chi connectivity index (χ0) is 15.9. The minimum absolute atomic E-state index is 0.0385. The van der Waals surface area contributed by atoms with Crippen LogP contribution < -0.4 is 10.6 Å². The van der Waals surface area contributed by atoms with E-state index in [1.54, 1.807) is 30.5 Å². The van der Waals surface area contributed by atoms with Gasteiger partial charge in [-0.1, -0.05) is 12.1 Å². The van der Waals surface area contributed by atoms with Crippen molar-refractivity contribution in [3.63, 3.8) is 0 Å². The van der Waals surface area contributed by atoms with Crippen molar-refractivity contribution in [2.24, 2.45) is 0 Å². The highest BCUT2D eigenvalue weighted by Crippen LogP contribution is 2.15. The van der Waals surface area contributed by atoms with Gasteiger partial charge in [-0.05, 0) is 31.2 Å². The van der Waals surface area contributed by atoms with Crippen LogP contribution >= 0.6 is 0 Å². The number of amides is 1. The van der Waals surface area contributed by atoms with E-state index in [2.05, 4.69) is 5.32 Å². The van der Waals surface area contributed by atoms with E-state index < -0.39 is 5.97 Å². The van der Waals surface area contributed by atoms with E-state index in [1.807, 2.05) is 24.4 Å². The van der Waals surface area contributed by atoms with Gasteiger partial charge in [0.25, 0.3) is 5.91 Å². The minimum atomic E-state index is -0.483. The molecule has 1 atom stereocenters. The number of methoxy groups -OCH3 is 1. The number of para-hydroxylation sites is 1. The topological polar surface area (TPSA) is 85.1 Å². The molecule has 2 aromatic rings. The maximum atomic E-state index is 12.0. The van der Waals surface area contributed by atoms with E-state index in [1.165, 1.54) is 7.11 Å². The van der Waals surface area contributed by atoms with Crippen LogP contribution in [0.3, 0.4) is 0 Å². The highest BCUT2D eigenvalue weighted by Gasteiger charge is 2.16. The van der Waals surface area contributed by atoms with Gasteiger partial charge in [0.05, 0.1) is 24.6 Å². The SMILES string of the molecule is COC(=O)c1ccccc1NC(=O)C[NH2+][C@@H](C)c1ccco1. The van der Waals surface area contributed by atoms with Gasteiger partial charge >= 0.3 is 5.97 Å². The number of hydrogen-bond donors (Lipinski definition) is 2. The number of carbonyl (C=O) groups is 2. The van der Waals surface area contributed by atoms with E-state index in [0.29, 0.717) is 11.3 Å². The number of anilines is 1. The fraction of sp³-hybridized carbons (Fsp3) is 0.250. The van der Waals surface area contributed by atoms with Crippen molar-refractivity contribution in [3.05, 3.63) is 54.0 Å². The molecule has 0 radical (unpaired) electrons. The summed E-state index contributed by atoms with van der Waals surface area (Å²) < 4.78 is 9.98. The maximum Gasteiger partial charge on any atom is 0.339 e. The molecule has 0 unspecified atom stereocenters. The first-order valence-electron chi connectivity index (χ1n) is 6.95. The van der Waals surface area contributed by atoms with Crippen LogP contribution in [0.15, 0.2) is 47.1 Å². The van der Waals surface area contributed by atoms with Crippen LogP contribution in [-0.2, 0) is 9.53 Å². The number of benzene rings is 1. The van der Waals surface area contributed by atoms with Gasteiger partial charge in [0.1, 0.15) is 6.04 Å². The normalized spacial score (nSPS) is 11.7. The molecule has 0 spiro atoms. The van der Waals surface area contributed by atoms with Crippen LogP contribution in [-0.4, -0.2) is 25.5 Å². The Morgan fingerprint density at radius 3 is 2.73 bits per heavy atom. The molecule has 0 saturated heterocycles. The van der Waals surface area contributed by atoms with Gasteiger partial charge in [-0.15, -0.1) is 0 Å². The van der Waals surface area contributed by atoms with Gasteiger partial charge in [0.2, 0.25) is 0 Å². The van der Waals surface area contributed by atoms with Gasteiger partial charge < -0.3 is 19.8 Å². The van der Waals surface area contributed by atoms with Crippen LogP contribution in [0, 0.1) is 0 Å². The number of esters is 1. The molecule has 22 heavy (non-hydrogen) atoms. The smallest absolute Gasteiger partial charge is 0.339 e. The quantitative estimate of drug-likeness (QED) is 0.788. The number of furan rings is 1. The maximum absolute atomic E-state index is 12.0. The van der Waals surface area contributed by atoms with Crippen molar-refractivity contribution < 1.29 is 24.1 Å². The number of ether oxygens (including phenoxy) is 1. The summed E-state index contributed by atoms with van der Waals surface area (Å²) >= 11 is 0. The first-order valence-corrected chi connectivity index (χ1v) is 6.95. The Morgan fingerprint density at radius 1 is 1.27 bits per heavy atom. The summed E-state index contributed by atoms with van der Waals surface area (Å²) in [6.07, 6.45) is 1.60. The molecule has 0 aliphatic carbocycles. The van der Waals surface area contributed by atoms with Crippen LogP contribution in [0.1, 0.15) is 29.1 Å². The Labute approximate surface area is 128 Å². The predicted octanol–water partition coefficient (Wildman–Crippen LogP) is 1.33. The summed E-state index contributed by atoms with van der Waals surface area (Å²) in [4.78, 5) is 23.7. The molecule has 0 saturated carbocycles. The Kier molecular flexibility index (Phi) is 5.32. The summed E-state index contributed by atoms with van der Waals surface area (Å²) in [5.74, 6) is 0.126. The highest BCUT2D eigenvalue weighted by atomic mass is 16.5. The van der Waals surface area contributed by atoms with Crippen LogP contribution in [0.25, 0.3) is 0 Å². The molecule has 1 aromatic carbocycles. The van der Waals surface area contributed by atoms with Crippen molar-refractivity contribution in [1.82, 2.24) is 0 Å². The van der Waals surface area contributed by atoms with E-state index in [-0.39, 0.29) is 18.5 Å². The largest absolute Gasteiger partial charge is 0.465 e. The molecule has 3 N–H and O–H groups in total. The van der Waals surface area contributed by atoms with E-state index >= 15 is 0 Å². The second kappa shape index (κ2) is 7.42. The zero-order valence-corrected chi connectivity index (χ0v) is 12.5. The summed E-state index contributed by atoms with van der Waals surface area (Å²) in [6, 6.07) is 10.5. The zero-order valence-electron chi connectivity index (χ0n) is 12.5. The monoisotopic (exact) mass is 303 g/mol. The molecule has 116 valence electrons. The Bertz CT molecular complexity index is 637. The Balaban J connectivity index is 1.94. The molecule has 1 aromatic heterocycles. The van der Waals surface area contributed by atoms with Crippen molar-refractivity contribution in [1.29, 1.82) is 0 Å².